The highest BCUT2D eigenvalue weighted by molar-refractivity contribution is 9.10. The molecule has 0 aliphatic heterocycles. The van der Waals surface area contributed by atoms with E-state index in [1.165, 1.54) is 5.56 Å². The van der Waals surface area contributed by atoms with Crippen molar-refractivity contribution in [1.29, 1.82) is 0 Å². The lowest BCUT2D eigenvalue weighted by Gasteiger charge is -2.16. The van der Waals surface area contributed by atoms with Crippen molar-refractivity contribution in [2.45, 2.75) is 13.0 Å². The van der Waals surface area contributed by atoms with Gasteiger partial charge in [-0.25, -0.2) is 0 Å². The van der Waals surface area contributed by atoms with Crippen molar-refractivity contribution in [3.8, 4) is 0 Å². The molecule has 0 bridgehead atoms. The van der Waals surface area contributed by atoms with Gasteiger partial charge >= 0.3 is 0 Å². The van der Waals surface area contributed by atoms with Gasteiger partial charge in [-0.2, -0.15) is 0 Å². The predicted molar refractivity (Wildman–Crippen MR) is 88.5 cm³/mol. The van der Waals surface area contributed by atoms with Crippen molar-refractivity contribution in [3.05, 3.63) is 64.1 Å². The first-order chi connectivity index (χ1) is 9.06. The Morgan fingerprint density at radius 3 is 2.21 bits per heavy atom. The zero-order valence-corrected chi connectivity index (χ0v) is 13.0. The maximum absolute atomic E-state index is 5.58. The molecule has 0 amide bonds. The summed E-state index contributed by atoms with van der Waals surface area (Å²) in [5.41, 5.74) is 8.75. The molecular weight excluding hydrogens is 320 g/mol. The van der Waals surface area contributed by atoms with E-state index in [0.717, 1.165) is 15.7 Å². The minimum atomic E-state index is 0.240. The van der Waals surface area contributed by atoms with Crippen LogP contribution in [0.5, 0.6) is 0 Å². The fraction of sp³-hybridized carbons (Fsp3) is 0.133. The highest BCUT2D eigenvalue weighted by Crippen LogP contribution is 2.21. The van der Waals surface area contributed by atoms with Crippen LogP contribution >= 0.6 is 28.1 Å². The van der Waals surface area contributed by atoms with Crippen LogP contribution in [0.25, 0.3) is 0 Å². The second-order valence-corrected chi connectivity index (χ2v) is 5.71. The molecule has 0 spiro atoms. The molecule has 0 aromatic heterocycles. The van der Waals surface area contributed by atoms with Gasteiger partial charge in [0.25, 0.3) is 0 Å². The van der Waals surface area contributed by atoms with Crippen molar-refractivity contribution in [2.75, 3.05) is 5.32 Å². The molecule has 98 valence electrons. The monoisotopic (exact) mass is 334 g/mol. The van der Waals surface area contributed by atoms with E-state index in [9.17, 15) is 0 Å². The van der Waals surface area contributed by atoms with E-state index in [-0.39, 0.29) is 6.04 Å². The molecule has 0 saturated carbocycles. The van der Waals surface area contributed by atoms with Crippen molar-refractivity contribution >= 4 is 38.8 Å². The highest BCUT2D eigenvalue weighted by Gasteiger charge is 2.05. The second-order valence-electron chi connectivity index (χ2n) is 4.36. The fourth-order valence-electron chi connectivity index (χ4n) is 1.82. The molecular formula is C15H15BrN2S. The number of halogens is 1. The Hall–Kier alpha value is -1.39. The van der Waals surface area contributed by atoms with E-state index in [4.69, 9.17) is 18.0 Å². The highest BCUT2D eigenvalue weighted by atomic mass is 79.9. The van der Waals surface area contributed by atoms with Gasteiger partial charge in [-0.3, -0.25) is 0 Å². The third kappa shape index (κ3) is 3.78. The Bertz CT molecular complexity index is 564. The zero-order chi connectivity index (χ0) is 13.8. The molecule has 0 heterocycles. The van der Waals surface area contributed by atoms with Gasteiger partial charge < -0.3 is 11.1 Å². The van der Waals surface area contributed by atoms with Crippen LogP contribution in [0.4, 0.5) is 5.69 Å². The standard InChI is InChI=1S/C15H15BrN2S/c1-10(11-2-6-13(16)7-3-11)18-14-8-4-12(5-9-14)15(17)19/h2-10,18H,1H3,(H2,17,19). The normalized spacial score (nSPS) is 11.9. The molecule has 2 aromatic rings. The molecule has 0 radical (unpaired) electrons. The van der Waals surface area contributed by atoms with Gasteiger partial charge in [0.2, 0.25) is 0 Å². The van der Waals surface area contributed by atoms with Crippen LogP contribution in [0.15, 0.2) is 53.0 Å². The maximum atomic E-state index is 5.58. The Morgan fingerprint density at radius 2 is 1.68 bits per heavy atom. The van der Waals surface area contributed by atoms with Gasteiger partial charge in [-0.05, 0) is 48.9 Å². The number of nitrogens with one attached hydrogen (secondary N) is 1. The SMILES string of the molecule is CC(Nc1ccc(C(N)=S)cc1)c1ccc(Br)cc1. The van der Waals surface area contributed by atoms with E-state index in [1.54, 1.807) is 0 Å². The smallest absolute Gasteiger partial charge is 0.103 e. The Labute approximate surface area is 127 Å². The van der Waals surface area contributed by atoms with Crippen molar-refractivity contribution in [1.82, 2.24) is 0 Å². The number of thiocarbonyl (C=S) groups is 1. The third-order valence-electron chi connectivity index (χ3n) is 2.92. The van der Waals surface area contributed by atoms with Crippen LogP contribution in [0, 0.1) is 0 Å². The molecule has 1 unspecified atom stereocenters. The van der Waals surface area contributed by atoms with Crippen molar-refractivity contribution < 1.29 is 0 Å². The van der Waals surface area contributed by atoms with E-state index >= 15 is 0 Å². The number of hydrogen-bond acceptors (Lipinski definition) is 2. The van der Waals surface area contributed by atoms with Gasteiger partial charge in [-0.15, -0.1) is 0 Å². The van der Waals surface area contributed by atoms with Crippen molar-refractivity contribution in [3.63, 3.8) is 0 Å². The molecule has 0 aliphatic carbocycles. The van der Waals surface area contributed by atoms with Crippen LogP contribution in [0.2, 0.25) is 0 Å². The minimum Gasteiger partial charge on any atom is -0.389 e. The second kappa shape index (κ2) is 6.17. The van der Waals surface area contributed by atoms with Crippen LogP contribution in [-0.4, -0.2) is 4.99 Å². The predicted octanol–water partition coefficient (Wildman–Crippen LogP) is 4.26. The summed E-state index contributed by atoms with van der Waals surface area (Å²) in [5, 5.41) is 3.44. The van der Waals surface area contributed by atoms with Gasteiger partial charge in [0, 0.05) is 21.8 Å². The number of rotatable bonds is 4. The van der Waals surface area contributed by atoms with Gasteiger partial charge in [0.1, 0.15) is 4.99 Å². The fourth-order valence-corrected chi connectivity index (χ4v) is 2.22. The molecule has 2 aromatic carbocycles. The third-order valence-corrected chi connectivity index (χ3v) is 3.69. The first-order valence-corrected chi connectivity index (χ1v) is 7.18. The first-order valence-electron chi connectivity index (χ1n) is 5.98. The summed E-state index contributed by atoms with van der Waals surface area (Å²) in [5.74, 6) is 0. The van der Waals surface area contributed by atoms with Crippen LogP contribution in [0.3, 0.4) is 0 Å². The molecule has 0 saturated heterocycles. The number of nitrogens with two attached hydrogens (primary N) is 1. The van der Waals surface area contributed by atoms with Crippen LogP contribution in [-0.2, 0) is 0 Å². The van der Waals surface area contributed by atoms with Gasteiger partial charge in [-0.1, -0.05) is 40.3 Å². The minimum absolute atomic E-state index is 0.240. The molecule has 3 N–H and O–H groups in total. The van der Waals surface area contributed by atoms with E-state index in [0.29, 0.717) is 4.99 Å². The summed E-state index contributed by atoms with van der Waals surface area (Å²) >= 11 is 8.37. The number of anilines is 1. The summed E-state index contributed by atoms with van der Waals surface area (Å²) in [7, 11) is 0. The molecule has 4 heteroatoms. The molecule has 1 atom stereocenters. The lowest BCUT2D eigenvalue weighted by atomic mass is 10.1. The average Bonchev–Trinajstić information content (AvgIpc) is 2.40. The van der Waals surface area contributed by atoms with Crippen LogP contribution in [0.1, 0.15) is 24.1 Å². The lowest BCUT2D eigenvalue weighted by Crippen LogP contribution is -2.10. The molecule has 0 aliphatic rings. The summed E-state index contributed by atoms with van der Waals surface area (Å²) in [6.07, 6.45) is 0. The maximum Gasteiger partial charge on any atom is 0.103 e. The summed E-state index contributed by atoms with van der Waals surface area (Å²) < 4.78 is 1.09. The molecule has 2 nitrogen and oxygen atoms in total. The topological polar surface area (TPSA) is 38.0 Å². The largest absolute Gasteiger partial charge is 0.389 e. The van der Waals surface area contributed by atoms with Crippen molar-refractivity contribution in [2.24, 2.45) is 5.73 Å². The van der Waals surface area contributed by atoms with E-state index in [2.05, 4.69) is 40.3 Å². The zero-order valence-electron chi connectivity index (χ0n) is 10.6. The van der Waals surface area contributed by atoms with Crippen LogP contribution < -0.4 is 11.1 Å². The molecule has 0 fully saturated rings. The number of benzene rings is 2. The average molecular weight is 335 g/mol. The lowest BCUT2D eigenvalue weighted by molar-refractivity contribution is 0.884. The number of hydrogen-bond donors (Lipinski definition) is 2. The molecule has 19 heavy (non-hydrogen) atoms. The summed E-state index contributed by atoms with van der Waals surface area (Å²) in [6.45, 7) is 2.13. The van der Waals surface area contributed by atoms with Gasteiger partial charge in [0.05, 0.1) is 0 Å². The van der Waals surface area contributed by atoms with E-state index < -0.39 is 0 Å². The first kappa shape index (κ1) is 14.0. The quantitative estimate of drug-likeness (QED) is 0.820. The summed E-state index contributed by atoms with van der Waals surface area (Å²) in [6, 6.07) is 16.4. The Morgan fingerprint density at radius 1 is 1.11 bits per heavy atom. The Balaban J connectivity index is 2.08. The molecule has 2 rings (SSSR count). The van der Waals surface area contributed by atoms with Gasteiger partial charge in [0.15, 0.2) is 0 Å². The van der Waals surface area contributed by atoms with E-state index in [1.807, 2.05) is 36.4 Å². The Kier molecular flexibility index (Phi) is 4.56. The summed E-state index contributed by atoms with van der Waals surface area (Å²) in [4.78, 5) is 0.424.